The Morgan fingerprint density at radius 1 is 1.50 bits per heavy atom. The molecule has 1 unspecified atom stereocenters. The zero-order valence-electron chi connectivity index (χ0n) is 9.62. The molecule has 16 heavy (non-hydrogen) atoms. The van der Waals surface area contributed by atoms with E-state index in [9.17, 15) is 9.18 Å². The molecule has 0 aromatic heterocycles. The second-order valence-electron chi connectivity index (χ2n) is 4.83. The standard InChI is InChI=1S/C11H19FN2O.ClH/c1-8-3-2-4-14(7-8)11(15)10-5-9(12)6-13-10;/h8-10,13H,2-7H2,1H3;1H/t8?,9-,10+;/m0./s1. The molecule has 2 fully saturated rings. The summed E-state index contributed by atoms with van der Waals surface area (Å²) < 4.78 is 12.9. The summed E-state index contributed by atoms with van der Waals surface area (Å²) in [6.07, 6.45) is 1.79. The Morgan fingerprint density at radius 2 is 2.25 bits per heavy atom. The lowest BCUT2D eigenvalue weighted by molar-refractivity contribution is -0.134. The van der Waals surface area contributed by atoms with E-state index in [0.29, 0.717) is 18.9 Å². The van der Waals surface area contributed by atoms with Gasteiger partial charge in [-0.15, -0.1) is 12.4 Å². The molecule has 2 heterocycles. The number of halogens is 2. The highest BCUT2D eigenvalue weighted by Gasteiger charge is 2.33. The SMILES string of the molecule is CC1CCCN(C(=O)[C@H]2C[C@H](F)CN2)C1.Cl. The van der Waals surface area contributed by atoms with Crippen molar-refractivity contribution < 1.29 is 9.18 Å². The van der Waals surface area contributed by atoms with Gasteiger partial charge in [0, 0.05) is 26.1 Å². The molecular formula is C11H20ClFN2O. The highest BCUT2D eigenvalue weighted by molar-refractivity contribution is 5.85. The van der Waals surface area contributed by atoms with Crippen LogP contribution in [0, 0.1) is 5.92 Å². The van der Waals surface area contributed by atoms with Crippen molar-refractivity contribution in [3.8, 4) is 0 Å². The van der Waals surface area contributed by atoms with Crippen LogP contribution in [0.15, 0.2) is 0 Å². The molecule has 2 rings (SSSR count). The van der Waals surface area contributed by atoms with Crippen molar-refractivity contribution in [2.75, 3.05) is 19.6 Å². The van der Waals surface area contributed by atoms with Crippen molar-refractivity contribution in [3.05, 3.63) is 0 Å². The maximum atomic E-state index is 12.9. The van der Waals surface area contributed by atoms with Crippen LogP contribution in [0.4, 0.5) is 4.39 Å². The van der Waals surface area contributed by atoms with Gasteiger partial charge in [-0.2, -0.15) is 0 Å². The lowest BCUT2D eigenvalue weighted by atomic mass is 9.99. The molecule has 1 N–H and O–H groups in total. The molecule has 0 saturated carbocycles. The zero-order valence-corrected chi connectivity index (χ0v) is 10.4. The van der Waals surface area contributed by atoms with Crippen molar-refractivity contribution >= 4 is 18.3 Å². The molecule has 0 aliphatic carbocycles. The summed E-state index contributed by atoms with van der Waals surface area (Å²) in [6, 6.07) is -0.273. The Bertz CT molecular complexity index is 252. The van der Waals surface area contributed by atoms with Gasteiger partial charge in [-0.3, -0.25) is 4.79 Å². The molecule has 0 aromatic rings. The molecule has 3 atom stereocenters. The van der Waals surface area contributed by atoms with Crippen LogP contribution in [0.1, 0.15) is 26.2 Å². The fourth-order valence-corrected chi connectivity index (χ4v) is 2.49. The normalized spacial score (nSPS) is 34.6. The maximum Gasteiger partial charge on any atom is 0.239 e. The first kappa shape index (κ1) is 13.7. The van der Waals surface area contributed by atoms with Gasteiger partial charge < -0.3 is 10.2 Å². The highest BCUT2D eigenvalue weighted by atomic mass is 35.5. The van der Waals surface area contributed by atoms with E-state index in [1.807, 2.05) is 4.90 Å². The predicted octanol–water partition coefficient (Wildman–Crippen LogP) is 1.37. The summed E-state index contributed by atoms with van der Waals surface area (Å²) in [7, 11) is 0. The molecule has 0 radical (unpaired) electrons. The molecule has 2 aliphatic rings. The van der Waals surface area contributed by atoms with Crippen molar-refractivity contribution in [1.82, 2.24) is 10.2 Å². The highest BCUT2D eigenvalue weighted by Crippen LogP contribution is 2.19. The van der Waals surface area contributed by atoms with Crippen LogP contribution in [0.3, 0.4) is 0 Å². The molecule has 5 heteroatoms. The number of hydrogen-bond acceptors (Lipinski definition) is 2. The van der Waals surface area contributed by atoms with Gasteiger partial charge in [0.1, 0.15) is 6.17 Å². The van der Waals surface area contributed by atoms with Crippen LogP contribution in [-0.2, 0) is 4.79 Å². The number of piperidine rings is 1. The first-order valence-electron chi connectivity index (χ1n) is 5.83. The third-order valence-electron chi connectivity index (χ3n) is 3.34. The number of likely N-dealkylation sites (tertiary alicyclic amines) is 1. The Balaban J connectivity index is 0.00000128. The van der Waals surface area contributed by atoms with E-state index < -0.39 is 6.17 Å². The fourth-order valence-electron chi connectivity index (χ4n) is 2.49. The second kappa shape index (κ2) is 5.82. The van der Waals surface area contributed by atoms with Gasteiger partial charge in [-0.25, -0.2) is 4.39 Å². The minimum atomic E-state index is -0.846. The number of alkyl halides is 1. The van der Waals surface area contributed by atoms with Gasteiger partial charge in [0.2, 0.25) is 5.91 Å². The first-order valence-corrected chi connectivity index (χ1v) is 5.83. The van der Waals surface area contributed by atoms with E-state index in [1.54, 1.807) is 0 Å². The maximum absolute atomic E-state index is 12.9. The van der Waals surface area contributed by atoms with Crippen LogP contribution in [0.25, 0.3) is 0 Å². The molecule has 0 bridgehead atoms. The number of amides is 1. The van der Waals surface area contributed by atoms with Crippen molar-refractivity contribution in [2.24, 2.45) is 5.92 Å². The van der Waals surface area contributed by atoms with Crippen LogP contribution >= 0.6 is 12.4 Å². The molecule has 0 aromatic carbocycles. The summed E-state index contributed by atoms with van der Waals surface area (Å²) in [5.41, 5.74) is 0. The predicted molar refractivity (Wildman–Crippen MR) is 63.5 cm³/mol. The average Bonchev–Trinajstić information content (AvgIpc) is 2.64. The van der Waals surface area contributed by atoms with E-state index >= 15 is 0 Å². The summed E-state index contributed by atoms with van der Waals surface area (Å²) >= 11 is 0. The monoisotopic (exact) mass is 250 g/mol. The topological polar surface area (TPSA) is 32.3 Å². The second-order valence-corrected chi connectivity index (χ2v) is 4.83. The average molecular weight is 251 g/mol. The minimum absolute atomic E-state index is 0. The van der Waals surface area contributed by atoms with Crippen LogP contribution in [0.5, 0.6) is 0 Å². The number of nitrogens with zero attached hydrogens (tertiary/aromatic N) is 1. The van der Waals surface area contributed by atoms with Gasteiger partial charge in [-0.1, -0.05) is 6.92 Å². The largest absolute Gasteiger partial charge is 0.341 e. The molecule has 1 amide bonds. The lowest BCUT2D eigenvalue weighted by Gasteiger charge is -2.32. The summed E-state index contributed by atoms with van der Waals surface area (Å²) in [5, 5.41) is 2.95. The van der Waals surface area contributed by atoms with Crippen molar-refractivity contribution in [1.29, 1.82) is 0 Å². The Kier molecular flexibility index (Phi) is 4.99. The third kappa shape index (κ3) is 3.08. The Labute approximate surface area is 102 Å². The number of rotatable bonds is 1. The summed E-state index contributed by atoms with van der Waals surface area (Å²) in [4.78, 5) is 13.9. The smallest absolute Gasteiger partial charge is 0.239 e. The van der Waals surface area contributed by atoms with Crippen molar-refractivity contribution in [3.63, 3.8) is 0 Å². The number of carbonyl (C=O) groups excluding carboxylic acids is 1. The molecule has 0 spiro atoms. The van der Waals surface area contributed by atoms with E-state index in [-0.39, 0.29) is 24.4 Å². The molecule has 2 aliphatic heterocycles. The Hall–Kier alpha value is -0.350. The molecule has 2 saturated heterocycles. The number of hydrogen-bond donors (Lipinski definition) is 1. The van der Waals surface area contributed by atoms with Gasteiger partial charge in [0.15, 0.2) is 0 Å². The summed E-state index contributed by atoms with van der Waals surface area (Å²) in [5.74, 6) is 0.687. The first-order chi connectivity index (χ1) is 7.16. The van der Waals surface area contributed by atoms with E-state index in [1.165, 1.54) is 6.42 Å². The number of nitrogens with one attached hydrogen (secondary N) is 1. The van der Waals surface area contributed by atoms with Crippen LogP contribution in [0.2, 0.25) is 0 Å². The van der Waals surface area contributed by atoms with Gasteiger partial charge in [0.25, 0.3) is 0 Å². The lowest BCUT2D eigenvalue weighted by Crippen LogP contribution is -2.47. The number of carbonyl (C=O) groups is 1. The zero-order chi connectivity index (χ0) is 10.8. The van der Waals surface area contributed by atoms with Crippen molar-refractivity contribution in [2.45, 2.75) is 38.4 Å². The fraction of sp³-hybridized carbons (Fsp3) is 0.909. The van der Waals surface area contributed by atoms with E-state index in [2.05, 4.69) is 12.2 Å². The van der Waals surface area contributed by atoms with Gasteiger partial charge >= 0.3 is 0 Å². The Morgan fingerprint density at radius 3 is 2.81 bits per heavy atom. The quantitative estimate of drug-likeness (QED) is 0.762. The minimum Gasteiger partial charge on any atom is -0.341 e. The van der Waals surface area contributed by atoms with Crippen LogP contribution < -0.4 is 5.32 Å². The third-order valence-corrected chi connectivity index (χ3v) is 3.34. The van der Waals surface area contributed by atoms with Crippen LogP contribution in [-0.4, -0.2) is 42.7 Å². The molecular weight excluding hydrogens is 231 g/mol. The van der Waals surface area contributed by atoms with Gasteiger partial charge in [0.05, 0.1) is 6.04 Å². The van der Waals surface area contributed by atoms with E-state index in [4.69, 9.17) is 0 Å². The summed E-state index contributed by atoms with van der Waals surface area (Å²) in [6.45, 7) is 4.19. The van der Waals surface area contributed by atoms with E-state index in [0.717, 1.165) is 19.5 Å². The molecule has 94 valence electrons. The van der Waals surface area contributed by atoms with Gasteiger partial charge in [-0.05, 0) is 18.8 Å². The molecule has 3 nitrogen and oxygen atoms in total.